The molecule has 4 nitrogen and oxygen atoms in total. The van der Waals surface area contributed by atoms with Crippen LogP contribution in [0.25, 0.3) is 109 Å². The first-order valence-electron chi connectivity index (χ1n) is 21.7. The van der Waals surface area contributed by atoms with Gasteiger partial charge in [-0.15, -0.1) is 11.3 Å². The summed E-state index contributed by atoms with van der Waals surface area (Å²) in [7, 11) is 0. The summed E-state index contributed by atoms with van der Waals surface area (Å²) in [5.41, 5.74) is 15.8. The molecule has 296 valence electrons. The fourth-order valence-electron chi connectivity index (χ4n) is 10.8. The molecule has 0 saturated carbocycles. The molecule has 5 heteroatoms. The number of hydrogen-bond acceptors (Lipinski definition) is 5. The average molecular weight is 831 g/mol. The van der Waals surface area contributed by atoms with Gasteiger partial charge in [-0.3, -0.25) is 4.98 Å². The molecule has 0 saturated heterocycles. The highest BCUT2D eigenvalue weighted by atomic mass is 32.1. The van der Waals surface area contributed by atoms with E-state index < -0.39 is 5.41 Å². The minimum atomic E-state index is -0.485. The van der Waals surface area contributed by atoms with Gasteiger partial charge in [0.1, 0.15) is 0 Å². The normalized spacial score (nSPS) is 13.1. The van der Waals surface area contributed by atoms with Gasteiger partial charge >= 0.3 is 0 Å². The molecule has 64 heavy (non-hydrogen) atoms. The lowest BCUT2D eigenvalue weighted by molar-refractivity contribution is 0.794. The summed E-state index contributed by atoms with van der Waals surface area (Å²) < 4.78 is 2.41. The third-order valence-corrected chi connectivity index (χ3v) is 14.8. The van der Waals surface area contributed by atoms with E-state index in [-0.39, 0.29) is 0 Å². The number of rotatable bonds is 4. The van der Waals surface area contributed by atoms with Crippen molar-refractivity contribution in [2.24, 2.45) is 0 Å². The van der Waals surface area contributed by atoms with Gasteiger partial charge < -0.3 is 0 Å². The van der Waals surface area contributed by atoms with E-state index in [2.05, 4.69) is 199 Å². The van der Waals surface area contributed by atoms with Crippen LogP contribution < -0.4 is 0 Å². The molecule has 3 aromatic heterocycles. The van der Waals surface area contributed by atoms with Gasteiger partial charge in [0.2, 0.25) is 0 Å². The molecule has 0 atom stereocenters. The maximum absolute atomic E-state index is 5.47. The van der Waals surface area contributed by atoms with E-state index in [1.807, 2.05) is 12.3 Å². The van der Waals surface area contributed by atoms with Gasteiger partial charge in [0, 0.05) is 48.4 Å². The quantitative estimate of drug-likeness (QED) is 0.177. The molecule has 0 fully saturated rings. The average Bonchev–Trinajstić information content (AvgIpc) is 4.00. The lowest BCUT2D eigenvalue weighted by Gasteiger charge is -2.30. The van der Waals surface area contributed by atoms with Gasteiger partial charge in [-0.05, 0) is 103 Å². The Balaban J connectivity index is 1.02. The van der Waals surface area contributed by atoms with E-state index in [1.54, 1.807) is 11.3 Å². The summed E-state index contributed by atoms with van der Waals surface area (Å²) in [6, 6.07) is 72.5. The van der Waals surface area contributed by atoms with E-state index in [1.165, 1.54) is 64.7 Å². The predicted octanol–water partition coefficient (Wildman–Crippen LogP) is 15.0. The highest BCUT2D eigenvalue weighted by Crippen LogP contribution is 2.63. The molecule has 14 rings (SSSR count). The second-order valence-electron chi connectivity index (χ2n) is 16.9. The Labute approximate surface area is 372 Å². The van der Waals surface area contributed by atoms with Crippen molar-refractivity contribution in [2.45, 2.75) is 5.41 Å². The van der Waals surface area contributed by atoms with Crippen LogP contribution in [0.3, 0.4) is 0 Å². The maximum atomic E-state index is 5.47. The van der Waals surface area contributed by atoms with Crippen LogP contribution in [0.2, 0.25) is 0 Å². The molecule has 2 aliphatic rings. The second kappa shape index (κ2) is 13.4. The minimum Gasteiger partial charge on any atom is -0.256 e. The molecular weight excluding hydrogens is 797 g/mol. The third-order valence-electron chi connectivity index (χ3n) is 13.6. The van der Waals surface area contributed by atoms with E-state index in [9.17, 15) is 0 Å². The smallest absolute Gasteiger partial charge is 0.165 e. The van der Waals surface area contributed by atoms with Gasteiger partial charge in [-0.25, -0.2) is 15.0 Å². The van der Waals surface area contributed by atoms with E-state index >= 15 is 0 Å². The van der Waals surface area contributed by atoms with Gasteiger partial charge in [-0.2, -0.15) is 0 Å². The van der Waals surface area contributed by atoms with Crippen molar-refractivity contribution in [3.8, 4) is 67.5 Å². The van der Waals surface area contributed by atoms with Crippen molar-refractivity contribution in [2.75, 3.05) is 0 Å². The Hall–Kier alpha value is -8.12. The zero-order chi connectivity index (χ0) is 41.9. The maximum Gasteiger partial charge on any atom is 0.165 e. The van der Waals surface area contributed by atoms with Crippen molar-refractivity contribution < 1.29 is 0 Å². The first-order valence-corrected chi connectivity index (χ1v) is 22.5. The number of nitrogens with zero attached hydrogens (tertiary/aromatic N) is 4. The first-order chi connectivity index (χ1) is 31.7. The summed E-state index contributed by atoms with van der Waals surface area (Å²) in [5.74, 6) is 1.93. The zero-order valence-electron chi connectivity index (χ0n) is 34.3. The molecule has 0 aliphatic heterocycles. The number of pyridine rings is 1. The van der Waals surface area contributed by atoms with Gasteiger partial charge in [0.15, 0.2) is 17.5 Å². The van der Waals surface area contributed by atoms with Crippen LogP contribution in [0.1, 0.15) is 22.3 Å². The molecule has 0 unspecified atom stereocenters. The van der Waals surface area contributed by atoms with Gasteiger partial charge in [-0.1, -0.05) is 164 Å². The Bertz CT molecular complexity index is 3880. The lowest BCUT2D eigenvalue weighted by atomic mass is 9.70. The van der Waals surface area contributed by atoms with E-state index in [0.29, 0.717) is 17.5 Å². The molecule has 0 bridgehead atoms. The number of thiophene rings is 1. The van der Waals surface area contributed by atoms with E-state index in [0.717, 1.165) is 49.5 Å². The van der Waals surface area contributed by atoms with Crippen molar-refractivity contribution >= 4 is 53.2 Å². The van der Waals surface area contributed by atoms with Crippen LogP contribution >= 0.6 is 11.3 Å². The second-order valence-corrected chi connectivity index (χ2v) is 17.9. The number of benzene rings is 9. The van der Waals surface area contributed by atoms with Crippen LogP contribution in [0.4, 0.5) is 0 Å². The highest BCUT2D eigenvalue weighted by molar-refractivity contribution is 7.26. The van der Waals surface area contributed by atoms with Crippen molar-refractivity contribution in [1.29, 1.82) is 0 Å². The third kappa shape index (κ3) is 4.98. The molecule has 3 heterocycles. The molecule has 9 aromatic carbocycles. The van der Waals surface area contributed by atoms with E-state index in [4.69, 9.17) is 15.0 Å². The molecule has 12 aromatic rings. The molecule has 1 spiro atoms. The standard InChI is InChI=1S/C59H34N4S/c1-5-21-49-40(14-1)41-15-2-6-22-50(41)59(49)51-23-7-3-16-42(51)43-30-29-39(33-52(43)59)56-61-57(63-58(62-56)47-20-10-18-45-44-17-4-8-24-54(44)64-55(45)47)46-19-9-12-35-25-27-37(32-48(35)46)38-28-26-36-13-11-31-60-53(36)34-38/h1-34H. The van der Waals surface area contributed by atoms with Gasteiger partial charge in [0.25, 0.3) is 0 Å². The minimum absolute atomic E-state index is 0.485. The van der Waals surface area contributed by atoms with Gasteiger partial charge in [0.05, 0.1) is 10.9 Å². The number of fused-ring (bicyclic) bond motifs is 15. The summed E-state index contributed by atoms with van der Waals surface area (Å²) in [4.78, 5) is 21.0. The van der Waals surface area contributed by atoms with Crippen LogP contribution in [-0.2, 0) is 5.41 Å². The number of hydrogen-bond donors (Lipinski definition) is 0. The predicted molar refractivity (Wildman–Crippen MR) is 264 cm³/mol. The van der Waals surface area contributed by atoms with Crippen molar-refractivity contribution in [3.63, 3.8) is 0 Å². The molecular formula is C59H34N4S. The van der Waals surface area contributed by atoms with Crippen molar-refractivity contribution in [3.05, 3.63) is 229 Å². The molecule has 0 amide bonds. The first kappa shape index (κ1) is 35.5. The Kier molecular flexibility index (Phi) is 7.45. The van der Waals surface area contributed by atoms with Crippen LogP contribution in [0.15, 0.2) is 206 Å². The van der Waals surface area contributed by atoms with Crippen LogP contribution in [0.5, 0.6) is 0 Å². The molecule has 2 aliphatic carbocycles. The SMILES string of the molecule is c1ccc2c(c1)-c1ccccc1C21c2ccccc2-c2ccc(-c3nc(-c4cccc5ccc(-c6ccc7cccnc7c6)cc45)nc(-c4cccc5c4sc4ccccc45)n3)cc21. The Morgan fingerprint density at radius 2 is 0.906 bits per heavy atom. The summed E-state index contributed by atoms with van der Waals surface area (Å²) in [5, 5.41) is 5.76. The largest absolute Gasteiger partial charge is 0.256 e. The van der Waals surface area contributed by atoms with Crippen LogP contribution in [0, 0.1) is 0 Å². The Morgan fingerprint density at radius 3 is 1.69 bits per heavy atom. The summed E-state index contributed by atoms with van der Waals surface area (Å²) in [6.07, 6.45) is 1.85. The lowest BCUT2D eigenvalue weighted by Crippen LogP contribution is -2.25. The summed E-state index contributed by atoms with van der Waals surface area (Å²) in [6.45, 7) is 0. The fourth-order valence-corrected chi connectivity index (χ4v) is 12.0. The molecule has 0 N–H and O–H groups in total. The number of aromatic nitrogens is 4. The fraction of sp³-hybridized carbons (Fsp3) is 0.0169. The van der Waals surface area contributed by atoms with Crippen LogP contribution in [-0.4, -0.2) is 19.9 Å². The van der Waals surface area contributed by atoms with Crippen molar-refractivity contribution in [1.82, 2.24) is 19.9 Å². The monoisotopic (exact) mass is 830 g/mol. The topological polar surface area (TPSA) is 51.6 Å². The summed E-state index contributed by atoms with van der Waals surface area (Å²) >= 11 is 1.79. The zero-order valence-corrected chi connectivity index (χ0v) is 35.1. The molecule has 0 radical (unpaired) electrons. The highest BCUT2D eigenvalue weighted by Gasteiger charge is 2.51. The Morgan fingerprint density at radius 1 is 0.344 bits per heavy atom.